The number of hydrogen-bond donors (Lipinski definition) is 0. The van der Waals surface area contributed by atoms with Crippen LogP contribution in [0.25, 0.3) is 10.8 Å². The molecule has 0 aliphatic carbocycles. The lowest BCUT2D eigenvalue weighted by Gasteiger charge is -2.08. The molecule has 24 heavy (non-hydrogen) atoms. The zero-order valence-corrected chi connectivity index (χ0v) is 14.6. The monoisotopic (exact) mass is 337 g/mol. The van der Waals surface area contributed by atoms with Gasteiger partial charge in [0.1, 0.15) is 5.75 Å². The Hall–Kier alpha value is -2.66. The highest BCUT2D eigenvalue weighted by Crippen LogP contribution is 2.26. The molecule has 0 aliphatic rings. The fourth-order valence-corrected chi connectivity index (χ4v) is 3.29. The minimum absolute atomic E-state index is 0.576. The van der Waals surface area contributed by atoms with Gasteiger partial charge in [0.2, 0.25) is 4.80 Å². The second-order valence-corrected chi connectivity index (χ2v) is 6.08. The molecule has 0 atom stereocenters. The van der Waals surface area contributed by atoms with Crippen LogP contribution in [-0.2, 0) is 0 Å². The van der Waals surface area contributed by atoms with Gasteiger partial charge in [-0.05, 0) is 23.8 Å². The van der Waals surface area contributed by atoms with Crippen LogP contribution >= 0.6 is 11.3 Å². The van der Waals surface area contributed by atoms with Gasteiger partial charge in [-0.15, -0.1) is 17.9 Å². The van der Waals surface area contributed by atoms with Crippen molar-refractivity contribution >= 4 is 28.3 Å². The molecule has 0 amide bonds. The third kappa shape index (κ3) is 3.16. The second-order valence-electron chi connectivity index (χ2n) is 5.25. The van der Waals surface area contributed by atoms with E-state index in [4.69, 9.17) is 4.74 Å². The van der Waals surface area contributed by atoms with Gasteiger partial charge in [0.15, 0.2) is 0 Å². The van der Waals surface area contributed by atoms with Crippen LogP contribution in [-0.4, -0.2) is 24.5 Å². The van der Waals surface area contributed by atoms with E-state index >= 15 is 0 Å². The summed E-state index contributed by atoms with van der Waals surface area (Å²) < 4.78 is 7.36. The van der Waals surface area contributed by atoms with Crippen molar-refractivity contribution in [2.75, 3.05) is 13.7 Å². The molecule has 0 fully saturated rings. The van der Waals surface area contributed by atoms with Gasteiger partial charge in [-0.2, -0.15) is 5.10 Å². The van der Waals surface area contributed by atoms with Crippen molar-refractivity contribution in [3.05, 3.63) is 70.5 Å². The number of aryl methyl sites for hydroxylation is 1. The van der Waals surface area contributed by atoms with E-state index in [2.05, 4.69) is 34.9 Å². The number of nitrogens with zero attached hydrogens (tertiary/aromatic N) is 3. The summed E-state index contributed by atoms with van der Waals surface area (Å²) in [6.07, 6.45) is 3.62. The molecule has 3 rings (SSSR count). The van der Waals surface area contributed by atoms with E-state index in [1.54, 1.807) is 24.5 Å². The summed E-state index contributed by atoms with van der Waals surface area (Å²) in [5.74, 6) is 0.801. The SMILES string of the molecule is C=CCN=c1scc(C)n1N=Cc1c(OC)ccc2ccccc12. The number of rotatable bonds is 5. The van der Waals surface area contributed by atoms with Crippen LogP contribution in [0, 0.1) is 6.92 Å². The van der Waals surface area contributed by atoms with Crippen LogP contribution in [0.1, 0.15) is 11.3 Å². The molecular weight excluding hydrogens is 318 g/mol. The van der Waals surface area contributed by atoms with Crippen LogP contribution in [0.3, 0.4) is 0 Å². The number of methoxy groups -OCH3 is 1. The van der Waals surface area contributed by atoms with Gasteiger partial charge in [-0.3, -0.25) is 4.99 Å². The normalized spacial score (nSPS) is 12.2. The maximum absolute atomic E-state index is 5.51. The minimum atomic E-state index is 0.576. The first-order chi connectivity index (χ1) is 11.7. The summed E-state index contributed by atoms with van der Waals surface area (Å²) >= 11 is 1.57. The highest BCUT2D eigenvalue weighted by atomic mass is 32.1. The lowest BCUT2D eigenvalue weighted by molar-refractivity contribution is 0.415. The largest absolute Gasteiger partial charge is 0.496 e. The molecule has 0 unspecified atom stereocenters. The van der Waals surface area contributed by atoms with Gasteiger partial charge in [-0.1, -0.05) is 36.4 Å². The Labute approximate surface area is 145 Å². The highest BCUT2D eigenvalue weighted by molar-refractivity contribution is 7.07. The number of thiazole rings is 1. The summed E-state index contributed by atoms with van der Waals surface area (Å²) in [7, 11) is 1.68. The van der Waals surface area contributed by atoms with E-state index in [-0.39, 0.29) is 0 Å². The molecule has 2 aromatic carbocycles. The standard InChI is InChI=1S/C19H19N3OS/c1-4-11-20-19-22(14(2)13-24-19)21-12-17-16-8-6-5-7-15(16)9-10-18(17)23-3/h4-10,12-13H,1,11H2,2-3H3. The molecule has 1 heterocycles. The number of aromatic nitrogens is 1. The fraction of sp³-hybridized carbons (Fsp3) is 0.158. The van der Waals surface area contributed by atoms with Gasteiger partial charge < -0.3 is 4.74 Å². The van der Waals surface area contributed by atoms with Crippen LogP contribution in [0.2, 0.25) is 0 Å². The molecule has 4 nitrogen and oxygen atoms in total. The first-order valence-corrected chi connectivity index (χ1v) is 8.51. The molecule has 0 radical (unpaired) electrons. The lowest BCUT2D eigenvalue weighted by atomic mass is 10.0. The van der Waals surface area contributed by atoms with Crippen molar-refractivity contribution in [1.82, 2.24) is 4.68 Å². The summed E-state index contributed by atoms with van der Waals surface area (Å²) in [6.45, 7) is 6.30. The van der Waals surface area contributed by atoms with E-state index in [1.807, 2.05) is 41.4 Å². The molecule has 0 aliphatic heterocycles. The second kappa shape index (κ2) is 7.27. The summed E-state index contributed by atoms with van der Waals surface area (Å²) in [5, 5.41) is 8.95. The van der Waals surface area contributed by atoms with E-state index in [1.165, 1.54) is 0 Å². The number of fused-ring (bicyclic) bond motifs is 1. The molecule has 0 N–H and O–H groups in total. The summed E-state index contributed by atoms with van der Waals surface area (Å²) in [4.78, 5) is 5.33. The first-order valence-electron chi connectivity index (χ1n) is 7.63. The Morgan fingerprint density at radius 2 is 2.08 bits per heavy atom. The first kappa shape index (κ1) is 16.2. The quantitative estimate of drug-likeness (QED) is 0.512. The highest BCUT2D eigenvalue weighted by Gasteiger charge is 2.06. The van der Waals surface area contributed by atoms with Crippen molar-refractivity contribution in [1.29, 1.82) is 0 Å². The zero-order chi connectivity index (χ0) is 16.9. The molecular formula is C19H19N3OS. The molecule has 1 aromatic heterocycles. The van der Waals surface area contributed by atoms with Gasteiger partial charge in [0.25, 0.3) is 0 Å². The van der Waals surface area contributed by atoms with E-state index in [0.717, 1.165) is 32.6 Å². The average molecular weight is 337 g/mol. The third-order valence-electron chi connectivity index (χ3n) is 3.66. The lowest BCUT2D eigenvalue weighted by Crippen LogP contribution is -2.12. The molecule has 3 aromatic rings. The van der Waals surface area contributed by atoms with E-state index in [0.29, 0.717) is 6.54 Å². The summed E-state index contributed by atoms with van der Waals surface area (Å²) in [6, 6.07) is 12.2. The maximum atomic E-state index is 5.51. The maximum Gasteiger partial charge on any atom is 0.206 e. The molecule has 0 saturated heterocycles. The molecule has 122 valence electrons. The smallest absolute Gasteiger partial charge is 0.206 e. The van der Waals surface area contributed by atoms with Crippen LogP contribution in [0.4, 0.5) is 0 Å². The van der Waals surface area contributed by atoms with Crippen molar-refractivity contribution < 1.29 is 4.74 Å². The topological polar surface area (TPSA) is 38.9 Å². The van der Waals surface area contributed by atoms with E-state index < -0.39 is 0 Å². The number of hydrogen-bond acceptors (Lipinski definition) is 4. The Bertz CT molecular complexity index is 966. The third-order valence-corrected chi connectivity index (χ3v) is 4.63. The Morgan fingerprint density at radius 1 is 1.25 bits per heavy atom. The Balaban J connectivity index is 2.12. The Morgan fingerprint density at radius 3 is 2.88 bits per heavy atom. The number of ether oxygens (including phenoxy) is 1. The van der Waals surface area contributed by atoms with Crippen molar-refractivity contribution in [3.63, 3.8) is 0 Å². The molecule has 0 spiro atoms. The Kier molecular flexibility index (Phi) is 4.91. The van der Waals surface area contributed by atoms with Gasteiger partial charge in [-0.25, -0.2) is 4.68 Å². The minimum Gasteiger partial charge on any atom is -0.496 e. The number of benzene rings is 2. The predicted octanol–water partition coefficient (Wildman–Crippen LogP) is 3.99. The fourth-order valence-electron chi connectivity index (χ4n) is 2.48. The van der Waals surface area contributed by atoms with Crippen molar-refractivity contribution in [3.8, 4) is 5.75 Å². The van der Waals surface area contributed by atoms with E-state index in [9.17, 15) is 0 Å². The van der Waals surface area contributed by atoms with Gasteiger partial charge in [0.05, 0.1) is 25.6 Å². The molecule has 0 saturated carbocycles. The molecule has 5 heteroatoms. The van der Waals surface area contributed by atoms with Crippen molar-refractivity contribution in [2.45, 2.75) is 6.92 Å². The predicted molar refractivity (Wildman–Crippen MR) is 101 cm³/mol. The summed E-state index contributed by atoms with van der Waals surface area (Å²) in [5.41, 5.74) is 2.00. The van der Waals surface area contributed by atoms with Crippen LogP contribution < -0.4 is 9.54 Å². The zero-order valence-electron chi connectivity index (χ0n) is 13.8. The molecule has 0 bridgehead atoms. The average Bonchev–Trinajstić information content (AvgIpc) is 2.97. The van der Waals surface area contributed by atoms with Gasteiger partial charge in [0, 0.05) is 10.9 Å². The van der Waals surface area contributed by atoms with Crippen LogP contribution in [0.15, 0.2) is 64.5 Å². The van der Waals surface area contributed by atoms with Gasteiger partial charge >= 0.3 is 0 Å². The van der Waals surface area contributed by atoms with Crippen molar-refractivity contribution in [2.24, 2.45) is 10.1 Å². The van der Waals surface area contributed by atoms with Crippen LogP contribution in [0.5, 0.6) is 5.75 Å².